The minimum Gasteiger partial charge on any atom is -0.370 e. The fourth-order valence-corrected chi connectivity index (χ4v) is 6.35. The summed E-state index contributed by atoms with van der Waals surface area (Å²) in [5.74, 6) is -0.233. The molecule has 5 rings (SSSR count). The number of piperidine rings is 1. The van der Waals surface area contributed by atoms with Crippen molar-refractivity contribution in [1.82, 2.24) is 19.9 Å². The molecule has 1 saturated heterocycles. The van der Waals surface area contributed by atoms with Crippen LogP contribution in [0.2, 0.25) is 0 Å². The van der Waals surface area contributed by atoms with Crippen molar-refractivity contribution in [3.63, 3.8) is 0 Å². The summed E-state index contributed by atoms with van der Waals surface area (Å²) < 4.78 is 29.6. The second-order valence-corrected chi connectivity index (χ2v) is 11.5. The lowest BCUT2D eigenvalue weighted by Crippen LogP contribution is -2.51. The molecule has 11 heteroatoms. The number of aromatic amines is 1. The van der Waals surface area contributed by atoms with Gasteiger partial charge < -0.3 is 20.9 Å². The molecule has 2 heterocycles. The van der Waals surface area contributed by atoms with Crippen molar-refractivity contribution in [3.8, 4) is 0 Å². The quantitative estimate of drug-likeness (QED) is 0.163. The molecule has 1 aromatic heterocycles. The van der Waals surface area contributed by atoms with E-state index in [1.54, 1.807) is 23.1 Å². The molecule has 39 heavy (non-hydrogen) atoms. The van der Waals surface area contributed by atoms with Crippen LogP contribution >= 0.6 is 12.4 Å². The van der Waals surface area contributed by atoms with Crippen LogP contribution in [0.1, 0.15) is 18.4 Å². The minimum atomic E-state index is -3.99. The molecule has 1 unspecified atom stereocenters. The van der Waals surface area contributed by atoms with Crippen LogP contribution in [-0.4, -0.2) is 55.8 Å². The lowest BCUT2D eigenvalue weighted by Gasteiger charge is -2.33. The summed E-state index contributed by atoms with van der Waals surface area (Å²) in [5.41, 5.74) is 7.43. The highest BCUT2D eigenvalue weighted by Crippen LogP contribution is 2.22. The highest BCUT2D eigenvalue weighted by atomic mass is 35.5. The predicted molar refractivity (Wildman–Crippen MR) is 157 cm³/mol. The van der Waals surface area contributed by atoms with E-state index in [1.807, 2.05) is 54.7 Å². The summed E-state index contributed by atoms with van der Waals surface area (Å²) in [5, 5.41) is 13.4. The van der Waals surface area contributed by atoms with E-state index in [-0.39, 0.29) is 41.5 Å². The number of nitrogens with two attached hydrogens (primary N) is 1. The van der Waals surface area contributed by atoms with E-state index in [0.29, 0.717) is 13.1 Å². The van der Waals surface area contributed by atoms with Gasteiger partial charge in [0.15, 0.2) is 5.96 Å². The van der Waals surface area contributed by atoms with Crippen molar-refractivity contribution in [2.45, 2.75) is 30.2 Å². The van der Waals surface area contributed by atoms with Crippen LogP contribution in [0, 0.1) is 11.3 Å². The molecule has 9 nitrogen and oxygen atoms in total. The molecule has 4 aromatic rings. The van der Waals surface area contributed by atoms with E-state index in [0.717, 1.165) is 46.6 Å². The van der Waals surface area contributed by atoms with Crippen LogP contribution in [0.4, 0.5) is 0 Å². The van der Waals surface area contributed by atoms with E-state index in [2.05, 4.69) is 15.0 Å². The highest BCUT2D eigenvalue weighted by molar-refractivity contribution is 7.89. The SMILES string of the molecule is Cl.N=C(N)N1CCCC(CNC(=O)[C@H](Cc2c[nH]c3ccccc23)NS(=O)(=O)c2ccc3ccccc3c2)C1. The molecule has 0 spiro atoms. The Hall–Kier alpha value is -3.60. The number of benzene rings is 3. The summed E-state index contributed by atoms with van der Waals surface area (Å²) in [6.45, 7) is 1.70. The second kappa shape index (κ2) is 12.1. The summed E-state index contributed by atoms with van der Waals surface area (Å²) in [7, 11) is -3.99. The van der Waals surface area contributed by atoms with Gasteiger partial charge in [0.2, 0.25) is 15.9 Å². The number of H-pyrrole nitrogens is 1. The number of nitrogens with zero attached hydrogens (tertiary/aromatic N) is 1. The first-order chi connectivity index (χ1) is 18.3. The van der Waals surface area contributed by atoms with Gasteiger partial charge in [0.25, 0.3) is 0 Å². The lowest BCUT2D eigenvalue weighted by molar-refractivity contribution is -0.122. The molecule has 0 radical (unpaired) electrons. The number of likely N-dealkylation sites (tertiary alicyclic amines) is 1. The molecule has 1 aliphatic heterocycles. The van der Waals surface area contributed by atoms with E-state index in [4.69, 9.17) is 11.1 Å². The fraction of sp³-hybridized carbons (Fsp3) is 0.286. The third kappa shape index (κ3) is 6.52. The maximum atomic E-state index is 13.5. The van der Waals surface area contributed by atoms with Crippen LogP contribution in [-0.2, 0) is 21.2 Å². The van der Waals surface area contributed by atoms with Gasteiger partial charge in [-0.25, -0.2) is 8.42 Å². The van der Waals surface area contributed by atoms with Crippen molar-refractivity contribution in [2.24, 2.45) is 11.7 Å². The van der Waals surface area contributed by atoms with Crippen molar-refractivity contribution < 1.29 is 13.2 Å². The number of hydrogen-bond donors (Lipinski definition) is 5. The Morgan fingerprint density at radius 3 is 2.64 bits per heavy atom. The van der Waals surface area contributed by atoms with Gasteiger partial charge in [-0.3, -0.25) is 10.2 Å². The number of carbonyl (C=O) groups excluding carboxylic acids is 1. The number of hydrogen-bond acceptors (Lipinski definition) is 4. The Labute approximate surface area is 234 Å². The monoisotopic (exact) mass is 568 g/mol. The predicted octanol–water partition coefficient (Wildman–Crippen LogP) is 3.35. The Kier molecular flexibility index (Phi) is 8.79. The molecular weight excluding hydrogens is 536 g/mol. The van der Waals surface area contributed by atoms with Crippen LogP contribution in [0.3, 0.4) is 0 Å². The third-order valence-electron chi connectivity index (χ3n) is 7.17. The first-order valence-corrected chi connectivity index (χ1v) is 14.2. The van der Waals surface area contributed by atoms with Crippen LogP contribution in [0.5, 0.6) is 0 Å². The van der Waals surface area contributed by atoms with Crippen molar-refractivity contribution in [1.29, 1.82) is 5.41 Å². The summed E-state index contributed by atoms with van der Waals surface area (Å²) in [6, 6.07) is 19.2. The maximum Gasteiger partial charge on any atom is 0.241 e. The first kappa shape index (κ1) is 28.4. The standard InChI is InChI=1S/C28H32N6O3S.ClH/c29-28(30)34-13-5-6-19(18-34)16-32-27(35)26(15-22-17-31-25-10-4-3-9-24(22)25)33-38(36,37)23-12-11-20-7-1-2-8-21(20)14-23;/h1-4,7-12,14,17,19,26,31,33H,5-6,13,15-16,18H2,(H3,29,30)(H,32,35);1H/t19?,26-;/m0./s1. The van der Waals surface area contributed by atoms with Gasteiger partial charge >= 0.3 is 0 Å². The number of aromatic nitrogens is 1. The summed E-state index contributed by atoms with van der Waals surface area (Å²) in [4.78, 5) is 18.6. The molecule has 6 N–H and O–H groups in total. The highest BCUT2D eigenvalue weighted by Gasteiger charge is 2.28. The number of amides is 1. The van der Waals surface area contributed by atoms with Crippen LogP contribution in [0.25, 0.3) is 21.7 Å². The number of sulfonamides is 1. The number of halogens is 1. The molecule has 2 atom stereocenters. The Balaban J connectivity index is 0.00000353. The topological polar surface area (TPSA) is 144 Å². The molecule has 3 aromatic carbocycles. The van der Waals surface area contributed by atoms with E-state index in [9.17, 15) is 13.2 Å². The second-order valence-electron chi connectivity index (χ2n) is 9.83. The van der Waals surface area contributed by atoms with E-state index < -0.39 is 16.1 Å². The molecule has 1 amide bonds. The number of guanidine groups is 1. The fourth-order valence-electron chi connectivity index (χ4n) is 5.12. The van der Waals surface area contributed by atoms with Gasteiger partial charge in [0.05, 0.1) is 4.90 Å². The third-order valence-corrected chi connectivity index (χ3v) is 8.64. The first-order valence-electron chi connectivity index (χ1n) is 12.7. The Morgan fingerprint density at radius 1 is 1.10 bits per heavy atom. The van der Waals surface area contributed by atoms with Crippen molar-refractivity contribution in [2.75, 3.05) is 19.6 Å². The zero-order chi connectivity index (χ0) is 26.7. The molecule has 0 saturated carbocycles. The van der Waals surface area contributed by atoms with Crippen molar-refractivity contribution >= 4 is 56.0 Å². The molecule has 0 bridgehead atoms. The van der Waals surface area contributed by atoms with Crippen molar-refractivity contribution in [3.05, 3.63) is 78.5 Å². The van der Waals surface area contributed by atoms with Gasteiger partial charge in [0.1, 0.15) is 6.04 Å². The maximum absolute atomic E-state index is 13.5. The summed E-state index contributed by atoms with van der Waals surface area (Å²) in [6.07, 6.45) is 3.79. The molecule has 0 aliphatic carbocycles. The van der Waals surface area contributed by atoms with E-state index >= 15 is 0 Å². The number of carbonyl (C=O) groups is 1. The number of rotatable bonds is 8. The number of nitrogens with one attached hydrogen (secondary N) is 4. The smallest absolute Gasteiger partial charge is 0.241 e. The largest absolute Gasteiger partial charge is 0.370 e. The number of fused-ring (bicyclic) bond motifs is 2. The average Bonchev–Trinajstić information content (AvgIpc) is 3.34. The molecule has 206 valence electrons. The van der Waals surface area contributed by atoms with Gasteiger partial charge in [-0.15, -0.1) is 12.4 Å². The van der Waals surface area contributed by atoms with E-state index in [1.165, 1.54) is 0 Å². The average molecular weight is 569 g/mol. The molecular formula is C28H33ClN6O3S. The zero-order valence-electron chi connectivity index (χ0n) is 21.4. The van der Waals surface area contributed by atoms with Gasteiger partial charge in [-0.1, -0.05) is 48.5 Å². The molecule has 1 aliphatic rings. The minimum absolute atomic E-state index is 0. The van der Waals surface area contributed by atoms with Gasteiger partial charge in [-0.05, 0) is 59.7 Å². The summed E-state index contributed by atoms with van der Waals surface area (Å²) >= 11 is 0. The Morgan fingerprint density at radius 2 is 1.85 bits per heavy atom. The van der Waals surface area contributed by atoms with Crippen LogP contribution < -0.4 is 15.8 Å². The zero-order valence-corrected chi connectivity index (χ0v) is 23.0. The number of para-hydroxylation sites is 1. The lowest BCUT2D eigenvalue weighted by atomic mass is 9.98. The van der Waals surface area contributed by atoms with Gasteiger partial charge in [-0.2, -0.15) is 4.72 Å². The Bertz CT molecular complexity index is 1590. The van der Waals surface area contributed by atoms with Crippen LogP contribution in [0.15, 0.2) is 77.8 Å². The van der Waals surface area contributed by atoms with Gasteiger partial charge in [0, 0.05) is 36.7 Å². The molecule has 1 fully saturated rings. The normalized spacial score (nSPS) is 16.5.